The van der Waals surface area contributed by atoms with Crippen molar-refractivity contribution in [3.05, 3.63) is 29.8 Å². The lowest BCUT2D eigenvalue weighted by Crippen LogP contribution is -2.13. The highest BCUT2D eigenvalue weighted by Crippen LogP contribution is 2.44. The van der Waals surface area contributed by atoms with Gasteiger partial charge in [0.1, 0.15) is 12.4 Å². The van der Waals surface area contributed by atoms with Crippen molar-refractivity contribution >= 4 is 0 Å². The monoisotopic (exact) mass is 332 g/mol. The van der Waals surface area contributed by atoms with Crippen LogP contribution in [0.1, 0.15) is 47.0 Å². The van der Waals surface area contributed by atoms with Crippen LogP contribution in [-0.4, -0.2) is 25.1 Å². The summed E-state index contributed by atoms with van der Waals surface area (Å²) in [5.74, 6) is 3.02. The Labute approximate surface area is 144 Å². The molecule has 2 aliphatic heterocycles. The fourth-order valence-electron chi connectivity index (χ4n) is 3.35. The smallest absolute Gasteiger partial charge is 0.231 e. The maximum Gasteiger partial charge on any atom is 0.231 e. The number of hydrogen-bond acceptors (Lipinski definition) is 4. The molecular weight excluding hydrogens is 304 g/mol. The zero-order valence-corrected chi connectivity index (χ0v) is 15.1. The molecule has 2 aliphatic rings. The van der Waals surface area contributed by atoms with Gasteiger partial charge < -0.3 is 18.9 Å². The summed E-state index contributed by atoms with van der Waals surface area (Å²) >= 11 is 0. The second kappa shape index (κ2) is 7.06. The lowest BCUT2D eigenvalue weighted by Gasteiger charge is -2.09. The first-order chi connectivity index (χ1) is 11.5. The number of ether oxygens (including phenoxy) is 4. The van der Waals surface area contributed by atoms with Crippen LogP contribution in [0.25, 0.3) is 0 Å². The standard InChI is InChI=1S/C20H28O4/c1-14(2)12-20(4)19(24-20)8-5-15(3)9-10-21-16-6-7-17-18(11-16)23-13-22-17/h6-7,9,11,14,19H,5,8,10,12-13H2,1-4H3. The minimum absolute atomic E-state index is 0.109. The minimum Gasteiger partial charge on any atom is -0.489 e. The van der Waals surface area contributed by atoms with Gasteiger partial charge in [-0.3, -0.25) is 0 Å². The molecule has 132 valence electrons. The summed E-state index contributed by atoms with van der Waals surface area (Å²) in [5.41, 5.74) is 1.45. The van der Waals surface area contributed by atoms with Crippen molar-refractivity contribution in [2.24, 2.45) is 5.92 Å². The van der Waals surface area contributed by atoms with E-state index in [0.717, 1.165) is 36.5 Å². The van der Waals surface area contributed by atoms with Crippen LogP contribution < -0.4 is 14.2 Å². The molecule has 2 unspecified atom stereocenters. The third-order valence-corrected chi connectivity index (χ3v) is 4.68. The SMILES string of the molecule is CC(=CCOc1ccc2c(c1)OCO2)CCC1OC1(C)CC(C)C. The van der Waals surface area contributed by atoms with Crippen LogP contribution in [0.5, 0.6) is 17.2 Å². The Kier molecular flexibility index (Phi) is 5.04. The quantitative estimate of drug-likeness (QED) is 0.510. The summed E-state index contributed by atoms with van der Waals surface area (Å²) in [6.45, 7) is 9.76. The van der Waals surface area contributed by atoms with Crippen molar-refractivity contribution < 1.29 is 18.9 Å². The Balaban J connectivity index is 1.39. The molecule has 1 saturated heterocycles. The highest BCUT2D eigenvalue weighted by molar-refractivity contribution is 5.46. The van der Waals surface area contributed by atoms with Crippen molar-refractivity contribution in [1.82, 2.24) is 0 Å². The molecule has 1 aromatic carbocycles. The average Bonchev–Trinajstić information content (AvgIpc) is 2.94. The molecule has 0 radical (unpaired) electrons. The summed E-state index contributed by atoms with van der Waals surface area (Å²) in [5, 5.41) is 0. The van der Waals surface area contributed by atoms with Gasteiger partial charge >= 0.3 is 0 Å². The van der Waals surface area contributed by atoms with E-state index in [9.17, 15) is 0 Å². The zero-order chi connectivity index (χ0) is 17.2. The van der Waals surface area contributed by atoms with Crippen molar-refractivity contribution in [3.63, 3.8) is 0 Å². The van der Waals surface area contributed by atoms with E-state index in [1.54, 1.807) is 0 Å². The van der Waals surface area contributed by atoms with Gasteiger partial charge in [0, 0.05) is 6.07 Å². The molecule has 0 spiro atoms. The number of epoxide rings is 1. The normalized spacial score (nSPS) is 25.2. The highest BCUT2D eigenvalue weighted by atomic mass is 16.7. The Morgan fingerprint density at radius 1 is 1.33 bits per heavy atom. The Morgan fingerprint density at radius 3 is 2.92 bits per heavy atom. The first kappa shape index (κ1) is 17.2. The van der Waals surface area contributed by atoms with Gasteiger partial charge in [-0.1, -0.05) is 19.4 Å². The van der Waals surface area contributed by atoms with Crippen LogP contribution in [0.2, 0.25) is 0 Å². The predicted molar refractivity (Wildman–Crippen MR) is 93.8 cm³/mol. The van der Waals surface area contributed by atoms with Crippen molar-refractivity contribution in [3.8, 4) is 17.2 Å². The number of fused-ring (bicyclic) bond motifs is 1. The van der Waals surface area contributed by atoms with E-state index in [1.165, 1.54) is 5.57 Å². The van der Waals surface area contributed by atoms with Crippen LogP contribution in [0.3, 0.4) is 0 Å². The maximum atomic E-state index is 5.90. The molecule has 0 aliphatic carbocycles. The topological polar surface area (TPSA) is 40.2 Å². The van der Waals surface area contributed by atoms with Crippen molar-refractivity contribution in [1.29, 1.82) is 0 Å². The first-order valence-electron chi connectivity index (χ1n) is 8.82. The lowest BCUT2D eigenvalue weighted by molar-refractivity contribution is 0.174. The summed E-state index contributed by atoms with van der Waals surface area (Å²) in [7, 11) is 0. The van der Waals surface area contributed by atoms with Gasteiger partial charge in [0.2, 0.25) is 6.79 Å². The van der Waals surface area contributed by atoms with Gasteiger partial charge in [-0.15, -0.1) is 0 Å². The second-order valence-corrected chi connectivity index (χ2v) is 7.43. The fourth-order valence-corrected chi connectivity index (χ4v) is 3.35. The van der Waals surface area contributed by atoms with E-state index >= 15 is 0 Å². The van der Waals surface area contributed by atoms with Crippen LogP contribution in [0.4, 0.5) is 0 Å². The fraction of sp³-hybridized carbons (Fsp3) is 0.600. The molecule has 2 heterocycles. The van der Waals surface area contributed by atoms with Gasteiger partial charge in [0.15, 0.2) is 11.5 Å². The van der Waals surface area contributed by atoms with E-state index in [1.807, 2.05) is 18.2 Å². The molecule has 3 rings (SSSR count). The van der Waals surface area contributed by atoms with E-state index in [-0.39, 0.29) is 12.4 Å². The molecule has 0 bridgehead atoms. The van der Waals surface area contributed by atoms with Crippen LogP contribution in [-0.2, 0) is 4.74 Å². The van der Waals surface area contributed by atoms with E-state index in [0.29, 0.717) is 18.6 Å². The van der Waals surface area contributed by atoms with Gasteiger partial charge in [0.25, 0.3) is 0 Å². The van der Waals surface area contributed by atoms with Crippen LogP contribution >= 0.6 is 0 Å². The van der Waals surface area contributed by atoms with Crippen molar-refractivity contribution in [2.75, 3.05) is 13.4 Å². The van der Waals surface area contributed by atoms with E-state index in [4.69, 9.17) is 18.9 Å². The third-order valence-electron chi connectivity index (χ3n) is 4.68. The van der Waals surface area contributed by atoms with Crippen molar-refractivity contribution in [2.45, 2.75) is 58.7 Å². The highest BCUT2D eigenvalue weighted by Gasteiger charge is 2.51. The number of benzene rings is 1. The molecule has 0 N–H and O–H groups in total. The molecular formula is C20H28O4. The molecule has 0 amide bonds. The summed E-state index contributed by atoms with van der Waals surface area (Å²) in [4.78, 5) is 0. The number of allylic oxidation sites excluding steroid dienone is 1. The molecule has 1 fully saturated rings. The molecule has 24 heavy (non-hydrogen) atoms. The largest absolute Gasteiger partial charge is 0.489 e. The molecule has 2 atom stereocenters. The number of hydrogen-bond donors (Lipinski definition) is 0. The Bertz CT molecular complexity index is 608. The maximum absolute atomic E-state index is 5.90. The average molecular weight is 332 g/mol. The van der Waals surface area contributed by atoms with Crippen LogP contribution in [0.15, 0.2) is 29.8 Å². The second-order valence-electron chi connectivity index (χ2n) is 7.43. The summed E-state index contributed by atoms with van der Waals surface area (Å²) in [6.07, 6.45) is 5.86. The zero-order valence-electron chi connectivity index (χ0n) is 15.1. The predicted octanol–water partition coefficient (Wildman–Crippen LogP) is 4.72. The summed E-state index contributed by atoms with van der Waals surface area (Å²) < 4.78 is 22.3. The van der Waals surface area contributed by atoms with Gasteiger partial charge in [0.05, 0.1) is 11.7 Å². The minimum atomic E-state index is 0.109. The molecule has 4 nitrogen and oxygen atoms in total. The summed E-state index contributed by atoms with van der Waals surface area (Å²) in [6, 6.07) is 5.67. The molecule has 1 aromatic rings. The Hall–Kier alpha value is -1.68. The van der Waals surface area contributed by atoms with E-state index in [2.05, 4.69) is 33.8 Å². The van der Waals surface area contributed by atoms with Gasteiger partial charge in [-0.2, -0.15) is 0 Å². The molecule has 0 aromatic heterocycles. The number of rotatable bonds is 8. The molecule has 0 saturated carbocycles. The lowest BCUT2D eigenvalue weighted by atomic mass is 9.93. The Morgan fingerprint density at radius 2 is 2.12 bits per heavy atom. The van der Waals surface area contributed by atoms with Gasteiger partial charge in [-0.25, -0.2) is 0 Å². The van der Waals surface area contributed by atoms with E-state index < -0.39 is 0 Å². The first-order valence-corrected chi connectivity index (χ1v) is 8.82. The van der Waals surface area contributed by atoms with Gasteiger partial charge in [-0.05, 0) is 57.2 Å². The third kappa shape index (κ3) is 4.23. The molecule has 4 heteroatoms. The van der Waals surface area contributed by atoms with Crippen LogP contribution in [0, 0.1) is 5.92 Å².